The Morgan fingerprint density at radius 1 is 0.822 bits per heavy atom. The second-order valence-corrected chi connectivity index (χ2v) is 12.1. The van der Waals surface area contributed by atoms with Crippen LogP contribution >= 0.6 is 0 Å². The number of rotatable bonds is 11. The molecule has 0 bridgehead atoms. The summed E-state index contributed by atoms with van der Waals surface area (Å²) >= 11 is 0. The first-order valence-electron chi connectivity index (χ1n) is 14.3. The monoisotopic (exact) mass is 634 g/mol. The number of hydrogen-bond acceptors (Lipinski definition) is 6. The van der Waals surface area contributed by atoms with Gasteiger partial charge in [0, 0.05) is 37.4 Å². The van der Waals surface area contributed by atoms with Gasteiger partial charge in [-0.15, -0.1) is 0 Å². The van der Waals surface area contributed by atoms with E-state index < -0.39 is 33.1 Å². The first-order chi connectivity index (χ1) is 21.7. The van der Waals surface area contributed by atoms with Crippen molar-refractivity contribution in [1.82, 2.24) is 10.2 Å². The lowest BCUT2D eigenvalue weighted by Crippen LogP contribution is -2.30. The smallest absolute Gasteiger partial charge is 0.265 e. The minimum absolute atomic E-state index is 0.0489. The first-order valence-corrected chi connectivity index (χ1v) is 15.8. The summed E-state index contributed by atoms with van der Waals surface area (Å²) in [5, 5.41) is 5.49. The van der Waals surface area contributed by atoms with Crippen molar-refractivity contribution in [2.75, 3.05) is 43.3 Å². The van der Waals surface area contributed by atoms with E-state index in [0.717, 1.165) is 38.1 Å². The normalized spacial score (nSPS) is 12.9. The molecule has 4 aromatic carbocycles. The number of hydrogen-bond donors (Lipinski definition) is 3. The average Bonchev–Trinajstić information content (AvgIpc) is 3.58. The van der Waals surface area contributed by atoms with Gasteiger partial charge < -0.3 is 20.3 Å². The summed E-state index contributed by atoms with van der Waals surface area (Å²) in [6, 6.07) is 21.6. The lowest BCUT2D eigenvalue weighted by molar-refractivity contribution is 0.0792. The van der Waals surface area contributed by atoms with Gasteiger partial charge in [0.05, 0.1) is 12.8 Å². The number of nitrogens with one attached hydrogen (secondary N) is 3. The van der Waals surface area contributed by atoms with Crippen LogP contribution in [-0.4, -0.2) is 58.4 Å². The average molecular weight is 635 g/mol. The summed E-state index contributed by atoms with van der Waals surface area (Å²) in [4.78, 5) is 26.9. The quantitative estimate of drug-likeness (QED) is 0.187. The van der Waals surface area contributed by atoms with Crippen LogP contribution in [0.15, 0.2) is 89.8 Å². The summed E-state index contributed by atoms with van der Waals surface area (Å²) < 4.78 is 62.8. The highest BCUT2D eigenvalue weighted by Crippen LogP contribution is 2.32. The van der Waals surface area contributed by atoms with E-state index in [1.807, 2.05) is 11.0 Å². The zero-order valence-electron chi connectivity index (χ0n) is 24.5. The van der Waals surface area contributed by atoms with E-state index >= 15 is 0 Å². The van der Waals surface area contributed by atoms with Crippen LogP contribution in [0.2, 0.25) is 0 Å². The molecule has 0 saturated carbocycles. The molecule has 1 aliphatic rings. The summed E-state index contributed by atoms with van der Waals surface area (Å²) in [7, 11) is -2.74. The molecule has 12 heteroatoms. The molecule has 9 nitrogen and oxygen atoms in total. The van der Waals surface area contributed by atoms with Crippen LogP contribution in [0.25, 0.3) is 11.1 Å². The molecule has 0 spiro atoms. The molecular formula is C33H32F2N4O5S. The molecule has 3 N–H and O–H groups in total. The molecule has 0 atom stereocenters. The van der Waals surface area contributed by atoms with Gasteiger partial charge in [0.25, 0.3) is 21.8 Å². The van der Waals surface area contributed by atoms with Crippen molar-refractivity contribution in [3.05, 3.63) is 108 Å². The summed E-state index contributed by atoms with van der Waals surface area (Å²) in [5.41, 5.74) is 1.98. The number of methoxy groups -OCH3 is 1. The fourth-order valence-electron chi connectivity index (χ4n) is 5.09. The van der Waals surface area contributed by atoms with E-state index in [1.54, 1.807) is 54.6 Å². The van der Waals surface area contributed by atoms with Gasteiger partial charge >= 0.3 is 0 Å². The number of benzene rings is 4. The molecule has 0 aliphatic carbocycles. The fraction of sp³-hybridized carbons (Fsp3) is 0.212. The van der Waals surface area contributed by atoms with Gasteiger partial charge in [0.1, 0.15) is 27.8 Å². The third kappa shape index (κ3) is 7.40. The molecule has 2 amide bonds. The SMILES string of the molecule is COc1ccc(-c2cccc(C(=O)N3CCCC3)c2)cc1S(=O)(=O)Nc1cccc(NCCNC(=O)c2c(F)cccc2F)c1. The van der Waals surface area contributed by atoms with Crippen molar-refractivity contribution in [2.45, 2.75) is 17.7 Å². The van der Waals surface area contributed by atoms with Gasteiger partial charge in [-0.3, -0.25) is 14.3 Å². The standard InChI is InChI=1S/C33H32F2N4O5S/c1-44-29-14-13-23(22-7-4-8-24(19-22)33(41)39-17-2-3-18-39)20-30(29)45(42,43)38-26-10-5-9-25(21-26)36-15-16-37-32(40)31-27(34)11-6-12-28(31)35/h4-14,19-21,36,38H,2-3,15-18H2,1H3,(H,37,40). The predicted octanol–water partition coefficient (Wildman–Crippen LogP) is 5.52. The van der Waals surface area contributed by atoms with E-state index in [0.29, 0.717) is 22.4 Å². The summed E-state index contributed by atoms with van der Waals surface area (Å²) in [6.07, 6.45) is 1.96. The molecule has 0 unspecified atom stereocenters. The molecule has 1 saturated heterocycles. The van der Waals surface area contributed by atoms with Gasteiger partial charge in [-0.05, 0) is 78.6 Å². The number of carbonyl (C=O) groups excluding carboxylic acids is 2. The summed E-state index contributed by atoms with van der Waals surface area (Å²) in [6.45, 7) is 1.71. The highest BCUT2D eigenvalue weighted by atomic mass is 32.2. The zero-order valence-corrected chi connectivity index (χ0v) is 25.3. The van der Waals surface area contributed by atoms with E-state index in [-0.39, 0.29) is 35.3 Å². The largest absolute Gasteiger partial charge is 0.495 e. The van der Waals surface area contributed by atoms with E-state index in [1.165, 1.54) is 19.2 Å². The topological polar surface area (TPSA) is 117 Å². The van der Waals surface area contributed by atoms with Crippen LogP contribution in [0.1, 0.15) is 33.6 Å². The van der Waals surface area contributed by atoms with E-state index in [2.05, 4.69) is 15.4 Å². The Morgan fingerprint density at radius 3 is 2.22 bits per heavy atom. The third-order valence-corrected chi connectivity index (χ3v) is 8.74. The number of ether oxygens (including phenoxy) is 1. The second kappa shape index (κ2) is 13.8. The highest BCUT2D eigenvalue weighted by Gasteiger charge is 2.23. The Kier molecular flexibility index (Phi) is 9.62. The molecule has 0 radical (unpaired) electrons. The molecule has 1 fully saturated rings. The molecule has 5 rings (SSSR count). The van der Waals surface area contributed by atoms with Gasteiger partial charge in [-0.2, -0.15) is 0 Å². The number of likely N-dealkylation sites (tertiary alicyclic amines) is 1. The number of carbonyl (C=O) groups is 2. The van der Waals surface area contributed by atoms with Crippen molar-refractivity contribution in [1.29, 1.82) is 0 Å². The maximum absolute atomic E-state index is 13.8. The van der Waals surface area contributed by atoms with Crippen LogP contribution in [0.5, 0.6) is 5.75 Å². The van der Waals surface area contributed by atoms with Crippen LogP contribution in [0.4, 0.5) is 20.2 Å². The van der Waals surface area contributed by atoms with Crippen LogP contribution < -0.4 is 20.1 Å². The Hall–Kier alpha value is -4.97. The Bertz CT molecular complexity index is 1810. The van der Waals surface area contributed by atoms with Gasteiger partial charge in [-0.1, -0.05) is 30.3 Å². The maximum atomic E-state index is 13.8. The van der Waals surface area contributed by atoms with Crippen LogP contribution in [0.3, 0.4) is 0 Å². The number of halogens is 2. The molecular weight excluding hydrogens is 602 g/mol. The highest BCUT2D eigenvalue weighted by molar-refractivity contribution is 7.92. The lowest BCUT2D eigenvalue weighted by atomic mass is 10.0. The maximum Gasteiger partial charge on any atom is 0.265 e. The molecule has 1 aliphatic heterocycles. The lowest BCUT2D eigenvalue weighted by Gasteiger charge is -2.16. The minimum Gasteiger partial charge on any atom is -0.495 e. The number of nitrogens with zero attached hydrogens (tertiary/aromatic N) is 1. The van der Waals surface area contributed by atoms with Gasteiger partial charge in [-0.25, -0.2) is 17.2 Å². The van der Waals surface area contributed by atoms with Gasteiger partial charge in [0.15, 0.2) is 0 Å². The predicted molar refractivity (Wildman–Crippen MR) is 168 cm³/mol. The Morgan fingerprint density at radius 2 is 1.49 bits per heavy atom. The van der Waals surface area contributed by atoms with Crippen molar-refractivity contribution >= 4 is 33.2 Å². The van der Waals surface area contributed by atoms with Crippen LogP contribution in [-0.2, 0) is 10.0 Å². The Labute approximate surface area is 260 Å². The number of anilines is 2. The van der Waals surface area contributed by atoms with E-state index in [9.17, 15) is 26.8 Å². The van der Waals surface area contributed by atoms with Crippen molar-refractivity contribution in [2.24, 2.45) is 0 Å². The minimum atomic E-state index is -4.12. The number of sulfonamides is 1. The first kappa shape index (κ1) is 31.5. The van der Waals surface area contributed by atoms with Crippen molar-refractivity contribution < 1.29 is 31.5 Å². The third-order valence-electron chi connectivity index (χ3n) is 7.33. The molecule has 1 heterocycles. The van der Waals surface area contributed by atoms with Crippen LogP contribution in [0, 0.1) is 11.6 Å². The fourth-order valence-corrected chi connectivity index (χ4v) is 6.34. The second-order valence-electron chi connectivity index (χ2n) is 10.4. The van der Waals surface area contributed by atoms with Crippen molar-refractivity contribution in [3.63, 3.8) is 0 Å². The number of amides is 2. The summed E-state index contributed by atoms with van der Waals surface area (Å²) in [5.74, 6) is -2.69. The van der Waals surface area contributed by atoms with Crippen molar-refractivity contribution in [3.8, 4) is 16.9 Å². The van der Waals surface area contributed by atoms with Gasteiger partial charge in [0.2, 0.25) is 0 Å². The molecule has 234 valence electrons. The molecule has 4 aromatic rings. The Balaban J connectivity index is 1.27. The van der Waals surface area contributed by atoms with E-state index in [4.69, 9.17) is 4.74 Å². The molecule has 0 aromatic heterocycles. The zero-order chi connectivity index (χ0) is 32.0. The molecule has 45 heavy (non-hydrogen) atoms.